The van der Waals surface area contributed by atoms with E-state index >= 15 is 0 Å². The predicted octanol–water partition coefficient (Wildman–Crippen LogP) is 4.74. The summed E-state index contributed by atoms with van der Waals surface area (Å²) in [4.78, 5) is 10.4. The molecule has 5 heteroatoms. The first-order valence-corrected chi connectivity index (χ1v) is 8.23. The van der Waals surface area contributed by atoms with E-state index < -0.39 is 0 Å². The first kappa shape index (κ1) is 16.8. The van der Waals surface area contributed by atoms with Gasteiger partial charge in [-0.05, 0) is 35.7 Å². The fourth-order valence-electron chi connectivity index (χ4n) is 2.53. The van der Waals surface area contributed by atoms with Crippen LogP contribution in [0.3, 0.4) is 0 Å². The molecule has 3 rings (SSSR count). The Balaban J connectivity index is 1.86. The monoisotopic (exact) mass is 334 g/mol. The topological polar surface area (TPSA) is 64.3 Å². The third-order valence-corrected chi connectivity index (χ3v) is 4.05. The van der Waals surface area contributed by atoms with E-state index in [2.05, 4.69) is 23.8 Å². The maximum atomic E-state index is 6.26. The molecule has 0 spiro atoms. The van der Waals surface area contributed by atoms with Crippen molar-refractivity contribution in [3.8, 4) is 11.6 Å². The standard InChI is InChI=1S/C20H22N4O/c1-14(2)15-9-11-17(12-10-15)25-20-18(21)19(22-13-23-20)24(3)16-7-5-4-6-8-16/h4-14H,21H2,1-3H3. The van der Waals surface area contributed by atoms with Crippen LogP contribution in [-0.2, 0) is 0 Å². The van der Waals surface area contributed by atoms with Gasteiger partial charge in [0.1, 0.15) is 17.8 Å². The van der Waals surface area contributed by atoms with Crippen molar-refractivity contribution in [2.75, 3.05) is 17.7 Å². The largest absolute Gasteiger partial charge is 0.437 e. The van der Waals surface area contributed by atoms with Crippen LogP contribution in [0.25, 0.3) is 0 Å². The van der Waals surface area contributed by atoms with Gasteiger partial charge in [-0.15, -0.1) is 0 Å². The molecule has 1 aromatic heterocycles. The molecular weight excluding hydrogens is 312 g/mol. The molecule has 0 aliphatic rings. The molecule has 0 unspecified atom stereocenters. The van der Waals surface area contributed by atoms with Crippen molar-refractivity contribution < 1.29 is 4.74 Å². The SMILES string of the molecule is CC(C)c1ccc(Oc2ncnc(N(C)c3ccccc3)c2N)cc1. The summed E-state index contributed by atoms with van der Waals surface area (Å²) in [6, 6.07) is 17.8. The molecule has 0 atom stereocenters. The van der Waals surface area contributed by atoms with Crippen molar-refractivity contribution in [1.29, 1.82) is 0 Å². The van der Waals surface area contributed by atoms with Gasteiger partial charge < -0.3 is 15.4 Å². The van der Waals surface area contributed by atoms with Gasteiger partial charge in [-0.25, -0.2) is 4.98 Å². The molecule has 0 aliphatic heterocycles. The van der Waals surface area contributed by atoms with E-state index in [9.17, 15) is 0 Å². The fraction of sp³-hybridized carbons (Fsp3) is 0.200. The van der Waals surface area contributed by atoms with Gasteiger partial charge in [0.25, 0.3) is 0 Å². The summed E-state index contributed by atoms with van der Waals surface area (Å²) in [6.07, 6.45) is 1.46. The minimum Gasteiger partial charge on any atom is -0.437 e. The molecule has 2 N–H and O–H groups in total. The molecule has 0 saturated heterocycles. The molecule has 0 amide bonds. The van der Waals surface area contributed by atoms with Gasteiger partial charge in [-0.3, -0.25) is 0 Å². The number of nitrogens with zero attached hydrogens (tertiary/aromatic N) is 3. The zero-order valence-electron chi connectivity index (χ0n) is 14.7. The molecule has 5 nitrogen and oxygen atoms in total. The number of aromatic nitrogens is 2. The highest BCUT2D eigenvalue weighted by Crippen LogP contribution is 2.34. The summed E-state index contributed by atoms with van der Waals surface area (Å²) < 4.78 is 5.87. The van der Waals surface area contributed by atoms with Crippen LogP contribution in [0, 0.1) is 0 Å². The molecule has 0 aliphatic carbocycles. The van der Waals surface area contributed by atoms with E-state index in [1.54, 1.807) is 0 Å². The Hall–Kier alpha value is -3.08. The quantitative estimate of drug-likeness (QED) is 0.730. The van der Waals surface area contributed by atoms with E-state index in [1.807, 2.05) is 66.5 Å². The lowest BCUT2D eigenvalue weighted by Crippen LogP contribution is -2.14. The highest BCUT2D eigenvalue weighted by molar-refractivity contribution is 5.74. The summed E-state index contributed by atoms with van der Waals surface area (Å²) in [7, 11) is 1.91. The Morgan fingerprint density at radius 3 is 2.28 bits per heavy atom. The second-order valence-corrected chi connectivity index (χ2v) is 6.14. The predicted molar refractivity (Wildman–Crippen MR) is 102 cm³/mol. The number of hydrogen-bond donors (Lipinski definition) is 1. The molecule has 0 bridgehead atoms. The van der Waals surface area contributed by atoms with Crippen molar-refractivity contribution in [3.63, 3.8) is 0 Å². The molecule has 1 heterocycles. The number of anilines is 3. The van der Waals surface area contributed by atoms with E-state index in [0.29, 0.717) is 29.1 Å². The molecule has 2 aromatic carbocycles. The van der Waals surface area contributed by atoms with Gasteiger partial charge in [0.15, 0.2) is 5.82 Å². The first-order valence-electron chi connectivity index (χ1n) is 8.23. The third kappa shape index (κ3) is 3.71. The van der Waals surface area contributed by atoms with Crippen molar-refractivity contribution in [3.05, 3.63) is 66.5 Å². The van der Waals surface area contributed by atoms with Crippen molar-refractivity contribution in [1.82, 2.24) is 9.97 Å². The lowest BCUT2D eigenvalue weighted by atomic mass is 10.0. The van der Waals surface area contributed by atoms with Crippen LogP contribution in [0.4, 0.5) is 17.2 Å². The molecule has 128 valence electrons. The van der Waals surface area contributed by atoms with Crippen LogP contribution in [0.15, 0.2) is 60.9 Å². The second kappa shape index (κ2) is 7.21. The maximum Gasteiger partial charge on any atom is 0.248 e. The minimum absolute atomic E-state index is 0.352. The van der Waals surface area contributed by atoms with E-state index in [1.165, 1.54) is 11.9 Å². The van der Waals surface area contributed by atoms with Gasteiger partial charge in [0, 0.05) is 12.7 Å². The summed E-state index contributed by atoms with van der Waals surface area (Å²) in [5, 5.41) is 0. The minimum atomic E-state index is 0.352. The molecule has 0 saturated carbocycles. The number of benzene rings is 2. The number of nitrogen functional groups attached to an aromatic ring is 1. The normalized spacial score (nSPS) is 10.7. The van der Waals surface area contributed by atoms with Gasteiger partial charge in [0.2, 0.25) is 5.88 Å². The average Bonchev–Trinajstić information content (AvgIpc) is 2.64. The van der Waals surface area contributed by atoms with Crippen LogP contribution in [0.5, 0.6) is 11.6 Å². The number of nitrogens with two attached hydrogens (primary N) is 1. The van der Waals surface area contributed by atoms with Crippen LogP contribution in [0.2, 0.25) is 0 Å². The molecular formula is C20H22N4O. The summed E-state index contributed by atoms with van der Waals surface area (Å²) in [6.45, 7) is 4.31. The Bertz CT molecular complexity index is 832. The van der Waals surface area contributed by atoms with E-state index in [0.717, 1.165) is 5.69 Å². The second-order valence-electron chi connectivity index (χ2n) is 6.14. The fourth-order valence-corrected chi connectivity index (χ4v) is 2.53. The molecule has 0 radical (unpaired) electrons. The highest BCUT2D eigenvalue weighted by Gasteiger charge is 2.15. The average molecular weight is 334 g/mol. The van der Waals surface area contributed by atoms with E-state index in [-0.39, 0.29) is 0 Å². The van der Waals surface area contributed by atoms with E-state index in [4.69, 9.17) is 10.5 Å². The Kier molecular flexibility index (Phi) is 4.84. The Labute approximate surface area is 148 Å². The number of ether oxygens (including phenoxy) is 1. The maximum absolute atomic E-state index is 6.26. The van der Waals surface area contributed by atoms with Gasteiger partial charge in [-0.1, -0.05) is 44.2 Å². The van der Waals surface area contributed by atoms with Crippen molar-refractivity contribution in [2.24, 2.45) is 0 Å². The first-order chi connectivity index (χ1) is 12.1. The number of rotatable bonds is 5. The summed E-state index contributed by atoms with van der Waals surface area (Å²) in [5.41, 5.74) is 8.90. The number of hydrogen-bond acceptors (Lipinski definition) is 5. The zero-order valence-corrected chi connectivity index (χ0v) is 14.7. The third-order valence-electron chi connectivity index (χ3n) is 4.05. The van der Waals surface area contributed by atoms with Gasteiger partial charge in [-0.2, -0.15) is 4.98 Å². The van der Waals surface area contributed by atoms with Crippen LogP contribution in [-0.4, -0.2) is 17.0 Å². The van der Waals surface area contributed by atoms with Gasteiger partial charge in [0.05, 0.1) is 0 Å². The number of para-hydroxylation sites is 1. The smallest absolute Gasteiger partial charge is 0.248 e. The molecule has 0 fully saturated rings. The Morgan fingerprint density at radius 1 is 0.960 bits per heavy atom. The van der Waals surface area contributed by atoms with Crippen LogP contribution >= 0.6 is 0 Å². The van der Waals surface area contributed by atoms with Crippen molar-refractivity contribution in [2.45, 2.75) is 19.8 Å². The molecule has 25 heavy (non-hydrogen) atoms. The van der Waals surface area contributed by atoms with Crippen molar-refractivity contribution >= 4 is 17.2 Å². The summed E-state index contributed by atoms with van der Waals surface area (Å²) >= 11 is 0. The van der Waals surface area contributed by atoms with Gasteiger partial charge >= 0.3 is 0 Å². The van der Waals surface area contributed by atoms with Crippen LogP contribution < -0.4 is 15.4 Å². The summed E-state index contributed by atoms with van der Waals surface area (Å²) in [5.74, 6) is 2.13. The van der Waals surface area contributed by atoms with Crippen LogP contribution in [0.1, 0.15) is 25.3 Å². The Morgan fingerprint density at radius 2 is 1.64 bits per heavy atom. The molecule has 3 aromatic rings. The lowest BCUT2D eigenvalue weighted by Gasteiger charge is -2.20. The highest BCUT2D eigenvalue weighted by atomic mass is 16.5. The zero-order chi connectivity index (χ0) is 17.8. The lowest BCUT2D eigenvalue weighted by molar-refractivity contribution is 0.464.